The van der Waals surface area contributed by atoms with Crippen LogP contribution in [0, 0.1) is 5.21 Å². The Balaban J connectivity index is 2.13. The molecule has 6 nitrogen and oxygen atoms in total. The molecule has 0 amide bonds. The second-order valence-corrected chi connectivity index (χ2v) is 4.52. The predicted molar refractivity (Wildman–Crippen MR) is 68.4 cm³/mol. The summed E-state index contributed by atoms with van der Waals surface area (Å²) in [5.41, 5.74) is 2.57. The van der Waals surface area contributed by atoms with Crippen molar-refractivity contribution in [1.82, 2.24) is 20.3 Å². The molecule has 0 fully saturated rings. The standard InChI is InChI=1S/C10H7Cl2N5O/c11-8-2-1-7-5-16(14-17(18)10(7)3-8)15-6-9(12)4-13-15/h1-6,14H. The van der Waals surface area contributed by atoms with E-state index in [1.807, 2.05) is 0 Å². The van der Waals surface area contributed by atoms with Crippen molar-refractivity contribution in [2.24, 2.45) is 0 Å². The van der Waals surface area contributed by atoms with Gasteiger partial charge >= 0.3 is 0 Å². The Morgan fingerprint density at radius 1 is 1.28 bits per heavy atom. The van der Waals surface area contributed by atoms with E-state index in [1.165, 1.54) is 16.1 Å². The van der Waals surface area contributed by atoms with E-state index >= 15 is 0 Å². The van der Waals surface area contributed by atoms with Crippen LogP contribution in [0.1, 0.15) is 0 Å². The van der Waals surface area contributed by atoms with Gasteiger partial charge in [0.15, 0.2) is 0 Å². The van der Waals surface area contributed by atoms with Crippen LogP contribution in [0.15, 0.2) is 30.6 Å². The van der Waals surface area contributed by atoms with Gasteiger partial charge in [0.25, 0.3) is 5.36 Å². The molecule has 0 spiro atoms. The molecule has 1 N–H and O–H groups in total. The zero-order valence-corrected chi connectivity index (χ0v) is 10.4. The molecule has 92 valence electrons. The summed E-state index contributed by atoms with van der Waals surface area (Å²) in [5, 5.41) is 19.4. The van der Waals surface area contributed by atoms with Crippen molar-refractivity contribution in [3.63, 3.8) is 0 Å². The minimum atomic E-state index is 0.442. The number of nitrogens with one attached hydrogen (secondary N) is 1. The number of aromatic nitrogens is 2. The first kappa shape index (κ1) is 11.2. The topological polar surface area (TPSA) is 59.2 Å². The highest BCUT2D eigenvalue weighted by Gasteiger charge is 2.14. The fourth-order valence-corrected chi connectivity index (χ4v) is 1.92. The molecule has 2 heterocycles. The smallest absolute Gasteiger partial charge is 0.254 e. The maximum atomic E-state index is 11.8. The van der Waals surface area contributed by atoms with Gasteiger partial charge in [-0.05, 0) is 12.1 Å². The van der Waals surface area contributed by atoms with Crippen LogP contribution in [0.25, 0.3) is 6.20 Å². The highest BCUT2D eigenvalue weighted by Crippen LogP contribution is 2.05. The van der Waals surface area contributed by atoms with Crippen molar-refractivity contribution in [3.05, 3.63) is 56.4 Å². The van der Waals surface area contributed by atoms with E-state index in [2.05, 4.69) is 10.6 Å². The monoisotopic (exact) mass is 283 g/mol. The molecule has 0 saturated carbocycles. The lowest BCUT2D eigenvalue weighted by Gasteiger charge is -2.21. The first-order valence-electron chi connectivity index (χ1n) is 5.01. The van der Waals surface area contributed by atoms with E-state index < -0.39 is 0 Å². The quantitative estimate of drug-likeness (QED) is 0.591. The highest BCUT2D eigenvalue weighted by atomic mass is 35.5. The summed E-state index contributed by atoms with van der Waals surface area (Å²) < 4.78 is 0. The number of hydrogen-bond acceptors (Lipinski definition) is 4. The van der Waals surface area contributed by atoms with Crippen LogP contribution in [0.4, 0.5) is 0 Å². The van der Waals surface area contributed by atoms with Crippen molar-refractivity contribution < 1.29 is 0 Å². The number of rotatable bonds is 1. The number of halogens is 2. The van der Waals surface area contributed by atoms with Gasteiger partial charge < -0.3 is 5.21 Å². The maximum absolute atomic E-state index is 11.8. The number of nitrogens with zero attached hydrogens (tertiary/aromatic N) is 4. The lowest BCUT2D eigenvalue weighted by atomic mass is 10.3. The zero-order chi connectivity index (χ0) is 12.7. The molecule has 2 aromatic rings. The van der Waals surface area contributed by atoms with E-state index in [-0.39, 0.29) is 0 Å². The van der Waals surface area contributed by atoms with Crippen LogP contribution in [0.3, 0.4) is 0 Å². The Morgan fingerprint density at radius 2 is 2.11 bits per heavy atom. The molecule has 0 aliphatic carbocycles. The molecule has 1 aliphatic heterocycles. The van der Waals surface area contributed by atoms with Crippen LogP contribution >= 0.6 is 23.2 Å². The Morgan fingerprint density at radius 3 is 2.83 bits per heavy atom. The van der Waals surface area contributed by atoms with Crippen molar-refractivity contribution >= 4 is 29.4 Å². The SMILES string of the molecule is [O-][N+]1=c2cc(Cl)ccc2=CN(n2cc(Cl)cn2)N1. The molecule has 0 bridgehead atoms. The van der Waals surface area contributed by atoms with Crippen LogP contribution < -0.4 is 26.1 Å². The molecular weight excluding hydrogens is 277 g/mol. The minimum Gasteiger partial charge on any atom is -0.594 e. The fraction of sp³-hybridized carbons (Fsp3) is 0. The van der Waals surface area contributed by atoms with Gasteiger partial charge in [-0.3, -0.25) is 0 Å². The summed E-state index contributed by atoms with van der Waals surface area (Å²) in [6, 6.07) is 5.05. The minimum absolute atomic E-state index is 0.442. The van der Waals surface area contributed by atoms with E-state index in [4.69, 9.17) is 23.2 Å². The third-order valence-corrected chi connectivity index (χ3v) is 2.86. The number of hydrazine groups is 2. The predicted octanol–water partition coefficient (Wildman–Crippen LogP) is -0.0118. The largest absolute Gasteiger partial charge is 0.594 e. The molecular formula is C10H7Cl2N5O. The van der Waals surface area contributed by atoms with Crippen LogP contribution in [-0.2, 0) is 0 Å². The van der Waals surface area contributed by atoms with E-state index in [0.717, 1.165) is 5.22 Å². The molecule has 0 saturated heterocycles. The van der Waals surface area contributed by atoms with Crippen LogP contribution in [-0.4, -0.2) is 9.89 Å². The van der Waals surface area contributed by atoms with E-state index in [0.29, 0.717) is 20.3 Å². The Kier molecular flexibility index (Phi) is 2.53. The molecule has 0 radical (unpaired) electrons. The summed E-state index contributed by atoms with van der Waals surface area (Å²) in [6.07, 6.45) is 4.76. The van der Waals surface area contributed by atoms with Gasteiger partial charge in [-0.1, -0.05) is 33.6 Å². The highest BCUT2D eigenvalue weighted by molar-refractivity contribution is 6.30. The van der Waals surface area contributed by atoms with Gasteiger partial charge in [-0.2, -0.15) is 9.89 Å². The molecule has 18 heavy (non-hydrogen) atoms. The number of benzene rings is 1. The Labute approximate surface area is 111 Å². The first-order chi connectivity index (χ1) is 8.63. The number of fused-ring (bicyclic) bond motifs is 1. The Hall–Kier alpha value is -1.92. The van der Waals surface area contributed by atoms with Crippen LogP contribution in [0.5, 0.6) is 0 Å². The van der Waals surface area contributed by atoms with Crippen molar-refractivity contribution in [1.29, 1.82) is 0 Å². The number of hydrogen-bond donors (Lipinski definition) is 1. The molecule has 1 aromatic carbocycles. The summed E-state index contributed by atoms with van der Waals surface area (Å²) in [6.45, 7) is 0. The fourth-order valence-electron chi connectivity index (χ4n) is 1.62. The lowest BCUT2D eigenvalue weighted by molar-refractivity contribution is 0.432. The lowest BCUT2D eigenvalue weighted by Crippen LogP contribution is -2.59. The van der Waals surface area contributed by atoms with Crippen molar-refractivity contribution in [2.45, 2.75) is 0 Å². The van der Waals surface area contributed by atoms with Gasteiger partial charge in [0.2, 0.25) is 0 Å². The van der Waals surface area contributed by atoms with Gasteiger partial charge in [0, 0.05) is 11.1 Å². The van der Waals surface area contributed by atoms with Gasteiger partial charge in [0.1, 0.15) is 0 Å². The molecule has 3 rings (SSSR count). The molecule has 1 aromatic heterocycles. The van der Waals surface area contributed by atoms with Crippen molar-refractivity contribution in [2.75, 3.05) is 5.12 Å². The second kappa shape index (κ2) is 4.08. The third-order valence-electron chi connectivity index (χ3n) is 2.42. The Bertz CT molecular complexity index is 726. The van der Waals surface area contributed by atoms with Crippen molar-refractivity contribution in [3.8, 4) is 0 Å². The van der Waals surface area contributed by atoms with Gasteiger partial charge in [-0.15, -0.1) is 5.12 Å². The molecule has 8 heteroatoms. The average Bonchev–Trinajstić information content (AvgIpc) is 2.77. The molecule has 0 unspecified atom stereocenters. The summed E-state index contributed by atoms with van der Waals surface area (Å²) in [4.78, 5) is 2.02. The zero-order valence-electron chi connectivity index (χ0n) is 8.92. The molecule has 0 atom stereocenters. The normalized spacial score (nSPS) is 13.9. The van der Waals surface area contributed by atoms with Gasteiger partial charge in [0.05, 0.1) is 28.8 Å². The molecule has 1 aliphatic rings. The summed E-state index contributed by atoms with van der Waals surface area (Å²) >= 11 is 11.6. The van der Waals surface area contributed by atoms with Crippen LogP contribution in [0.2, 0.25) is 10.0 Å². The first-order valence-corrected chi connectivity index (χ1v) is 5.77. The second-order valence-electron chi connectivity index (χ2n) is 3.65. The summed E-state index contributed by atoms with van der Waals surface area (Å²) in [5.74, 6) is 0. The average molecular weight is 284 g/mol. The third kappa shape index (κ3) is 1.85. The van der Waals surface area contributed by atoms with E-state index in [1.54, 1.807) is 30.6 Å². The van der Waals surface area contributed by atoms with Gasteiger partial charge in [-0.25, -0.2) is 0 Å². The van der Waals surface area contributed by atoms with E-state index in [9.17, 15) is 5.21 Å². The summed E-state index contributed by atoms with van der Waals surface area (Å²) in [7, 11) is 0. The maximum Gasteiger partial charge on any atom is 0.254 e.